The molecule has 0 radical (unpaired) electrons. The van der Waals surface area contributed by atoms with Gasteiger partial charge < -0.3 is 10.2 Å². The Morgan fingerprint density at radius 2 is 2.04 bits per heavy atom. The van der Waals surface area contributed by atoms with Crippen LogP contribution >= 0.6 is 0 Å². The first-order valence-corrected chi connectivity index (χ1v) is 8.73. The van der Waals surface area contributed by atoms with Crippen molar-refractivity contribution in [2.75, 3.05) is 26.2 Å². The minimum atomic E-state index is -0.152. The van der Waals surface area contributed by atoms with Gasteiger partial charge in [0.05, 0.1) is 11.0 Å². The molecule has 0 saturated carbocycles. The highest BCUT2D eigenvalue weighted by Gasteiger charge is 2.19. The molecule has 3 rings (SSSR count). The van der Waals surface area contributed by atoms with Crippen molar-refractivity contribution in [1.82, 2.24) is 19.4 Å². The number of para-hydroxylation sites is 2. The molecule has 1 aromatic carbocycles. The van der Waals surface area contributed by atoms with Gasteiger partial charge in [0.2, 0.25) is 5.91 Å². The van der Waals surface area contributed by atoms with Gasteiger partial charge in [-0.25, -0.2) is 4.79 Å². The average molecular weight is 330 g/mol. The second kappa shape index (κ2) is 7.21. The number of piperidine rings is 1. The molecule has 1 amide bonds. The summed E-state index contributed by atoms with van der Waals surface area (Å²) in [7, 11) is 1.74. The van der Waals surface area contributed by atoms with E-state index in [1.807, 2.05) is 24.3 Å². The van der Waals surface area contributed by atoms with Crippen LogP contribution < -0.4 is 11.0 Å². The lowest BCUT2D eigenvalue weighted by atomic mass is 9.98. The van der Waals surface area contributed by atoms with Crippen LogP contribution in [0.4, 0.5) is 0 Å². The molecule has 1 aromatic heterocycles. The SMILES string of the molecule is CCN1CCC[C@H](CNC(=O)Cn2c(=O)n(C)c3ccccc32)C1. The van der Waals surface area contributed by atoms with E-state index in [1.165, 1.54) is 6.42 Å². The highest BCUT2D eigenvalue weighted by Crippen LogP contribution is 2.15. The Morgan fingerprint density at radius 1 is 1.29 bits per heavy atom. The van der Waals surface area contributed by atoms with E-state index in [-0.39, 0.29) is 18.1 Å². The number of carbonyl (C=O) groups excluding carboxylic acids is 1. The summed E-state index contributed by atoms with van der Waals surface area (Å²) in [5.74, 6) is 0.411. The predicted octanol–water partition coefficient (Wildman–Crippen LogP) is 1.19. The fourth-order valence-electron chi connectivity index (χ4n) is 3.58. The Balaban J connectivity index is 1.63. The lowest BCUT2D eigenvalue weighted by Crippen LogP contribution is -2.42. The third-order valence-electron chi connectivity index (χ3n) is 4.99. The topological polar surface area (TPSA) is 59.3 Å². The van der Waals surface area contributed by atoms with Gasteiger partial charge in [-0.3, -0.25) is 13.9 Å². The van der Waals surface area contributed by atoms with Crippen LogP contribution in [0.3, 0.4) is 0 Å². The van der Waals surface area contributed by atoms with Crippen molar-refractivity contribution in [1.29, 1.82) is 0 Å². The van der Waals surface area contributed by atoms with Gasteiger partial charge in [-0.1, -0.05) is 19.1 Å². The minimum absolute atomic E-state index is 0.0738. The predicted molar refractivity (Wildman–Crippen MR) is 95.0 cm³/mol. The number of amides is 1. The molecule has 1 aliphatic heterocycles. The van der Waals surface area contributed by atoms with Crippen molar-refractivity contribution >= 4 is 16.9 Å². The number of fused-ring (bicyclic) bond motifs is 1. The molecule has 1 fully saturated rings. The second-order valence-electron chi connectivity index (χ2n) is 6.62. The first kappa shape index (κ1) is 16.8. The Labute approximate surface area is 142 Å². The van der Waals surface area contributed by atoms with Gasteiger partial charge in [-0.05, 0) is 44.0 Å². The second-order valence-corrected chi connectivity index (χ2v) is 6.62. The van der Waals surface area contributed by atoms with Crippen LogP contribution in [-0.2, 0) is 18.4 Å². The molecule has 1 saturated heterocycles. The summed E-state index contributed by atoms with van der Waals surface area (Å²) in [6.07, 6.45) is 2.35. The Hall–Kier alpha value is -2.08. The van der Waals surface area contributed by atoms with Gasteiger partial charge in [-0.2, -0.15) is 0 Å². The Morgan fingerprint density at radius 3 is 2.79 bits per heavy atom. The summed E-state index contributed by atoms with van der Waals surface area (Å²) in [6, 6.07) is 7.56. The maximum Gasteiger partial charge on any atom is 0.329 e. The molecule has 2 heterocycles. The Kier molecular flexibility index (Phi) is 5.04. The molecule has 2 aromatic rings. The van der Waals surface area contributed by atoms with E-state index in [0.29, 0.717) is 12.5 Å². The zero-order valence-corrected chi connectivity index (χ0v) is 14.5. The minimum Gasteiger partial charge on any atom is -0.354 e. The van der Waals surface area contributed by atoms with E-state index in [0.717, 1.165) is 37.1 Å². The van der Waals surface area contributed by atoms with E-state index in [4.69, 9.17) is 0 Å². The maximum absolute atomic E-state index is 12.4. The van der Waals surface area contributed by atoms with Crippen molar-refractivity contribution in [2.45, 2.75) is 26.3 Å². The van der Waals surface area contributed by atoms with Gasteiger partial charge in [0, 0.05) is 20.1 Å². The number of nitrogens with one attached hydrogen (secondary N) is 1. The molecule has 24 heavy (non-hydrogen) atoms. The van der Waals surface area contributed by atoms with Gasteiger partial charge >= 0.3 is 5.69 Å². The van der Waals surface area contributed by atoms with E-state index in [2.05, 4.69) is 17.1 Å². The summed E-state index contributed by atoms with van der Waals surface area (Å²) in [5, 5.41) is 3.01. The zero-order chi connectivity index (χ0) is 17.1. The largest absolute Gasteiger partial charge is 0.354 e. The van der Waals surface area contributed by atoms with E-state index < -0.39 is 0 Å². The highest BCUT2D eigenvalue weighted by molar-refractivity contribution is 5.80. The maximum atomic E-state index is 12.4. The average Bonchev–Trinajstić information content (AvgIpc) is 2.85. The highest BCUT2D eigenvalue weighted by atomic mass is 16.2. The molecule has 0 unspecified atom stereocenters. The summed E-state index contributed by atoms with van der Waals surface area (Å²) in [6.45, 7) is 6.21. The molecule has 1 aliphatic rings. The number of carbonyl (C=O) groups is 1. The molecule has 1 atom stereocenters. The fourth-order valence-corrected chi connectivity index (χ4v) is 3.58. The van der Waals surface area contributed by atoms with Crippen molar-refractivity contribution in [3.05, 3.63) is 34.7 Å². The van der Waals surface area contributed by atoms with Crippen molar-refractivity contribution in [3.8, 4) is 0 Å². The van der Waals surface area contributed by atoms with Gasteiger partial charge in [0.1, 0.15) is 6.54 Å². The van der Waals surface area contributed by atoms with Crippen LogP contribution in [0.1, 0.15) is 19.8 Å². The molecular weight excluding hydrogens is 304 g/mol. The van der Waals surface area contributed by atoms with Gasteiger partial charge in [0.15, 0.2) is 0 Å². The third kappa shape index (κ3) is 3.38. The van der Waals surface area contributed by atoms with Gasteiger partial charge in [-0.15, -0.1) is 0 Å². The van der Waals surface area contributed by atoms with Crippen LogP contribution in [0.2, 0.25) is 0 Å². The first-order chi connectivity index (χ1) is 11.6. The quantitative estimate of drug-likeness (QED) is 0.896. The molecule has 0 spiro atoms. The summed E-state index contributed by atoms with van der Waals surface area (Å²) in [4.78, 5) is 27.1. The van der Waals surface area contributed by atoms with Crippen LogP contribution in [-0.4, -0.2) is 46.1 Å². The number of likely N-dealkylation sites (tertiary alicyclic amines) is 1. The zero-order valence-electron chi connectivity index (χ0n) is 14.5. The van der Waals surface area contributed by atoms with Crippen LogP contribution in [0, 0.1) is 5.92 Å². The van der Waals surface area contributed by atoms with Gasteiger partial charge in [0.25, 0.3) is 0 Å². The number of hydrogen-bond acceptors (Lipinski definition) is 3. The monoisotopic (exact) mass is 330 g/mol. The molecule has 6 heteroatoms. The standard InChI is InChI=1S/C18H26N4O2/c1-3-21-10-6-7-14(12-21)11-19-17(23)13-22-16-9-5-4-8-15(16)20(2)18(22)24/h4-5,8-9,14H,3,6-7,10-13H2,1-2H3,(H,19,23)/t14-/m1/s1. The Bertz CT molecular complexity index is 777. The molecule has 6 nitrogen and oxygen atoms in total. The van der Waals surface area contributed by atoms with Crippen molar-refractivity contribution < 1.29 is 4.79 Å². The normalized spacial score (nSPS) is 18.8. The fraction of sp³-hybridized carbons (Fsp3) is 0.556. The molecular formula is C18H26N4O2. The van der Waals surface area contributed by atoms with Crippen LogP contribution in [0.15, 0.2) is 29.1 Å². The number of benzene rings is 1. The van der Waals surface area contributed by atoms with E-state index in [1.54, 1.807) is 16.2 Å². The van der Waals surface area contributed by atoms with Crippen molar-refractivity contribution in [3.63, 3.8) is 0 Å². The number of aromatic nitrogens is 2. The van der Waals surface area contributed by atoms with Crippen LogP contribution in [0.25, 0.3) is 11.0 Å². The number of aryl methyl sites for hydroxylation is 1. The lowest BCUT2D eigenvalue weighted by Gasteiger charge is -2.31. The first-order valence-electron chi connectivity index (χ1n) is 8.73. The summed E-state index contributed by atoms with van der Waals surface area (Å²) in [5.41, 5.74) is 1.50. The molecule has 0 bridgehead atoms. The van der Waals surface area contributed by atoms with E-state index in [9.17, 15) is 9.59 Å². The smallest absolute Gasteiger partial charge is 0.329 e. The number of nitrogens with zero attached hydrogens (tertiary/aromatic N) is 3. The molecule has 0 aliphatic carbocycles. The summed E-state index contributed by atoms with van der Waals surface area (Å²) < 4.78 is 3.13. The van der Waals surface area contributed by atoms with Crippen LogP contribution in [0.5, 0.6) is 0 Å². The summed E-state index contributed by atoms with van der Waals surface area (Å²) >= 11 is 0. The number of hydrogen-bond donors (Lipinski definition) is 1. The number of rotatable bonds is 5. The number of imidazole rings is 1. The lowest BCUT2D eigenvalue weighted by molar-refractivity contribution is -0.121. The van der Waals surface area contributed by atoms with Crippen molar-refractivity contribution in [2.24, 2.45) is 13.0 Å². The van der Waals surface area contributed by atoms with E-state index >= 15 is 0 Å². The third-order valence-corrected chi connectivity index (χ3v) is 4.99. The molecule has 1 N–H and O–H groups in total. The molecule has 130 valence electrons.